The van der Waals surface area contributed by atoms with Crippen LogP contribution in [0.2, 0.25) is 0 Å². The maximum atomic E-state index is 12.0. The second-order valence-corrected chi connectivity index (χ2v) is 5.38. The number of aliphatic carboxylic acids is 1. The lowest BCUT2D eigenvalue weighted by Gasteiger charge is -2.29. The SMILES string of the molecule is CN1CCC(NC(=O)NC(C(=O)O)c2ccccc2)CC1. The van der Waals surface area contributed by atoms with Crippen LogP contribution in [-0.2, 0) is 4.79 Å². The molecule has 6 heteroatoms. The molecule has 1 heterocycles. The Labute approximate surface area is 124 Å². The van der Waals surface area contributed by atoms with Crippen LogP contribution in [0.5, 0.6) is 0 Å². The summed E-state index contributed by atoms with van der Waals surface area (Å²) in [6.07, 6.45) is 1.76. The highest BCUT2D eigenvalue weighted by atomic mass is 16.4. The minimum absolute atomic E-state index is 0.103. The van der Waals surface area contributed by atoms with Gasteiger partial charge in [-0.25, -0.2) is 9.59 Å². The number of nitrogens with zero attached hydrogens (tertiary/aromatic N) is 1. The highest BCUT2D eigenvalue weighted by Crippen LogP contribution is 2.13. The fourth-order valence-electron chi connectivity index (χ4n) is 2.44. The number of benzene rings is 1. The van der Waals surface area contributed by atoms with Crippen molar-refractivity contribution in [3.8, 4) is 0 Å². The van der Waals surface area contributed by atoms with Crippen LogP contribution in [0.1, 0.15) is 24.4 Å². The molecule has 1 aliphatic rings. The molecule has 0 radical (unpaired) electrons. The minimum Gasteiger partial charge on any atom is -0.479 e. The predicted molar refractivity (Wildman–Crippen MR) is 79.0 cm³/mol. The zero-order chi connectivity index (χ0) is 15.2. The maximum absolute atomic E-state index is 12.0. The number of urea groups is 1. The molecule has 2 rings (SSSR count). The molecule has 1 unspecified atom stereocenters. The van der Waals surface area contributed by atoms with E-state index in [2.05, 4.69) is 15.5 Å². The van der Waals surface area contributed by atoms with Crippen LogP contribution in [0, 0.1) is 0 Å². The molecule has 0 aliphatic carbocycles. The van der Waals surface area contributed by atoms with Crippen LogP contribution < -0.4 is 10.6 Å². The quantitative estimate of drug-likeness (QED) is 0.778. The van der Waals surface area contributed by atoms with Crippen molar-refractivity contribution in [3.63, 3.8) is 0 Å². The molecule has 0 bridgehead atoms. The fraction of sp³-hybridized carbons (Fsp3) is 0.467. The maximum Gasteiger partial charge on any atom is 0.330 e. The summed E-state index contributed by atoms with van der Waals surface area (Å²) in [6, 6.07) is 7.33. The smallest absolute Gasteiger partial charge is 0.330 e. The number of hydrogen-bond donors (Lipinski definition) is 3. The normalized spacial score (nSPS) is 18.0. The Morgan fingerprint density at radius 3 is 2.43 bits per heavy atom. The predicted octanol–water partition coefficient (Wildman–Crippen LogP) is 1.21. The fourth-order valence-corrected chi connectivity index (χ4v) is 2.44. The summed E-state index contributed by atoms with van der Waals surface area (Å²) in [5.74, 6) is -1.07. The van der Waals surface area contributed by atoms with E-state index in [-0.39, 0.29) is 6.04 Å². The van der Waals surface area contributed by atoms with Crippen molar-refractivity contribution in [3.05, 3.63) is 35.9 Å². The minimum atomic E-state index is -1.07. The molecule has 3 N–H and O–H groups in total. The molecular weight excluding hydrogens is 270 g/mol. The van der Waals surface area contributed by atoms with Crippen molar-refractivity contribution >= 4 is 12.0 Å². The molecule has 1 atom stereocenters. The number of piperidine rings is 1. The van der Waals surface area contributed by atoms with E-state index in [1.54, 1.807) is 30.3 Å². The lowest BCUT2D eigenvalue weighted by molar-refractivity contribution is -0.139. The molecule has 1 fully saturated rings. The van der Waals surface area contributed by atoms with Gasteiger partial charge >= 0.3 is 12.0 Å². The van der Waals surface area contributed by atoms with Gasteiger partial charge in [-0.3, -0.25) is 0 Å². The summed E-state index contributed by atoms with van der Waals surface area (Å²) < 4.78 is 0. The average Bonchev–Trinajstić information content (AvgIpc) is 2.48. The Kier molecular flexibility index (Phi) is 5.16. The molecule has 114 valence electrons. The molecule has 0 spiro atoms. The van der Waals surface area contributed by atoms with Crippen molar-refractivity contribution in [2.45, 2.75) is 24.9 Å². The van der Waals surface area contributed by atoms with Crippen LogP contribution in [0.4, 0.5) is 4.79 Å². The number of carboxylic acids is 1. The summed E-state index contributed by atoms with van der Waals surface area (Å²) >= 11 is 0. The number of amides is 2. The van der Waals surface area contributed by atoms with E-state index in [9.17, 15) is 14.7 Å². The standard InChI is InChI=1S/C15H21N3O3/c1-18-9-7-12(8-10-18)16-15(21)17-13(14(19)20)11-5-3-2-4-6-11/h2-6,12-13H,7-10H2,1H3,(H,19,20)(H2,16,17,21). The molecule has 1 aliphatic heterocycles. The van der Waals surface area contributed by atoms with E-state index >= 15 is 0 Å². The Bertz CT molecular complexity index is 484. The highest BCUT2D eigenvalue weighted by molar-refractivity contribution is 5.83. The molecule has 21 heavy (non-hydrogen) atoms. The van der Waals surface area contributed by atoms with Gasteiger partial charge in [-0.1, -0.05) is 30.3 Å². The molecule has 0 aromatic heterocycles. The Morgan fingerprint density at radius 2 is 1.86 bits per heavy atom. The first kappa shape index (κ1) is 15.3. The van der Waals surface area contributed by atoms with Crippen molar-refractivity contribution in [2.75, 3.05) is 20.1 Å². The molecule has 1 aromatic rings. The van der Waals surface area contributed by atoms with Gasteiger partial charge in [0.15, 0.2) is 6.04 Å². The van der Waals surface area contributed by atoms with Crippen LogP contribution in [-0.4, -0.2) is 48.2 Å². The summed E-state index contributed by atoms with van der Waals surface area (Å²) in [5.41, 5.74) is 0.559. The number of nitrogens with one attached hydrogen (secondary N) is 2. The number of carboxylic acid groups (broad SMARTS) is 1. The van der Waals surface area contributed by atoms with Gasteiger partial charge < -0.3 is 20.6 Å². The Hall–Kier alpha value is -2.08. The summed E-state index contributed by atoms with van der Waals surface area (Å²) in [4.78, 5) is 25.5. The number of hydrogen-bond acceptors (Lipinski definition) is 3. The Balaban J connectivity index is 1.91. The lowest BCUT2D eigenvalue weighted by atomic mass is 10.1. The highest BCUT2D eigenvalue weighted by Gasteiger charge is 2.24. The summed E-state index contributed by atoms with van der Waals surface area (Å²) in [5, 5.41) is 14.6. The van der Waals surface area contributed by atoms with Gasteiger partial charge in [0.25, 0.3) is 0 Å². The van der Waals surface area contributed by atoms with Gasteiger partial charge in [0, 0.05) is 6.04 Å². The lowest BCUT2D eigenvalue weighted by Crippen LogP contribution is -2.48. The number of likely N-dealkylation sites (tertiary alicyclic amines) is 1. The van der Waals surface area contributed by atoms with Crippen LogP contribution in [0.15, 0.2) is 30.3 Å². The van der Waals surface area contributed by atoms with Crippen LogP contribution >= 0.6 is 0 Å². The van der Waals surface area contributed by atoms with Gasteiger partial charge in [-0.05, 0) is 38.5 Å². The van der Waals surface area contributed by atoms with Crippen molar-refractivity contribution in [1.82, 2.24) is 15.5 Å². The molecule has 2 amide bonds. The van der Waals surface area contributed by atoms with Gasteiger partial charge in [0.05, 0.1) is 0 Å². The van der Waals surface area contributed by atoms with Gasteiger partial charge in [-0.15, -0.1) is 0 Å². The zero-order valence-electron chi connectivity index (χ0n) is 12.1. The number of carbonyl (C=O) groups is 2. The first-order valence-corrected chi connectivity index (χ1v) is 7.09. The van der Waals surface area contributed by atoms with Crippen molar-refractivity contribution in [1.29, 1.82) is 0 Å². The van der Waals surface area contributed by atoms with E-state index in [0.29, 0.717) is 5.56 Å². The molecule has 1 saturated heterocycles. The second-order valence-electron chi connectivity index (χ2n) is 5.38. The van der Waals surface area contributed by atoms with Crippen molar-refractivity contribution in [2.24, 2.45) is 0 Å². The summed E-state index contributed by atoms with van der Waals surface area (Å²) in [7, 11) is 2.05. The van der Waals surface area contributed by atoms with E-state index in [1.165, 1.54) is 0 Å². The van der Waals surface area contributed by atoms with Gasteiger partial charge in [0.1, 0.15) is 0 Å². The van der Waals surface area contributed by atoms with E-state index in [4.69, 9.17) is 0 Å². The van der Waals surface area contributed by atoms with E-state index < -0.39 is 18.0 Å². The molecular formula is C15H21N3O3. The van der Waals surface area contributed by atoms with Gasteiger partial charge in [-0.2, -0.15) is 0 Å². The van der Waals surface area contributed by atoms with Gasteiger partial charge in [0.2, 0.25) is 0 Å². The first-order chi connectivity index (χ1) is 10.1. The third-order valence-corrected chi connectivity index (χ3v) is 3.71. The first-order valence-electron chi connectivity index (χ1n) is 7.09. The van der Waals surface area contributed by atoms with Crippen molar-refractivity contribution < 1.29 is 14.7 Å². The third kappa shape index (κ3) is 4.46. The topological polar surface area (TPSA) is 81.7 Å². The van der Waals surface area contributed by atoms with Crippen LogP contribution in [0.3, 0.4) is 0 Å². The molecule has 1 aromatic carbocycles. The zero-order valence-corrected chi connectivity index (χ0v) is 12.1. The number of carbonyl (C=O) groups excluding carboxylic acids is 1. The van der Waals surface area contributed by atoms with E-state index in [0.717, 1.165) is 25.9 Å². The van der Waals surface area contributed by atoms with Crippen LogP contribution in [0.25, 0.3) is 0 Å². The summed E-state index contributed by atoms with van der Waals surface area (Å²) in [6.45, 7) is 1.87. The molecule has 6 nitrogen and oxygen atoms in total. The van der Waals surface area contributed by atoms with E-state index in [1.807, 2.05) is 7.05 Å². The largest absolute Gasteiger partial charge is 0.479 e. The third-order valence-electron chi connectivity index (χ3n) is 3.71. The monoisotopic (exact) mass is 291 g/mol. The number of rotatable bonds is 4. The average molecular weight is 291 g/mol. The molecule has 0 saturated carbocycles. The second kappa shape index (κ2) is 7.08. The Morgan fingerprint density at radius 1 is 1.24 bits per heavy atom.